The zero-order valence-electron chi connectivity index (χ0n) is 11.6. The Labute approximate surface area is 121 Å². The Morgan fingerprint density at radius 3 is 2.53 bits per heavy atom. The van der Waals surface area contributed by atoms with Gasteiger partial charge < -0.3 is 10.5 Å². The molecular formula is C14H18BrN3O. The van der Waals surface area contributed by atoms with Crippen LogP contribution < -0.4 is 10.5 Å². The maximum Gasteiger partial charge on any atom is 0.160 e. The number of hydrogen-bond donors (Lipinski definition) is 1. The van der Waals surface area contributed by atoms with E-state index in [-0.39, 0.29) is 0 Å². The molecule has 102 valence electrons. The van der Waals surface area contributed by atoms with E-state index < -0.39 is 0 Å². The van der Waals surface area contributed by atoms with Crippen LogP contribution in [0.2, 0.25) is 0 Å². The van der Waals surface area contributed by atoms with Crippen molar-refractivity contribution < 1.29 is 4.74 Å². The fourth-order valence-corrected chi connectivity index (χ4v) is 2.73. The Balaban J connectivity index is 2.60. The molecule has 0 radical (unpaired) electrons. The monoisotopic (exact) mass is 323 g/mol. The Morgan fingerprint density at radius 1 is 1.37 bits per heavy atom. The molecule has 0 amide bonds. The molecule has 2 N–H and O–H groups in total. The Hall–Kier alpha value is -1.49. The highest BCUT2D eigenvalue weighted by Crippen LogP contribution is 2.36. The van der Waals surface area contributed by atoms with Crippen LogP contribution in [0.25, 0.3) is 11.3 Å². The number of ether oxygens (including phenoxy) is 1. The first-order valence-electron chi connectivity index (χ1n) is 6.12. The minimum Gasteiger partial charge on any atom is -0.496 e. The normalized spacial score (nSPS) is 11.1. The van der Waals surface area contributed by atoms with Crippen LogP contribution in [0.1, 0.15) is 25.3 Å². The van der Waals surface area contributed by atoms with Gasteiger partial charge in [0.15, 0.2) is 5.82 Å². The number of aromatic nitrogens is 2. The summed E-state index contributed by atoms with van der Waals surface area (Å²) in [5.41, 5.74) is 9.05. The van der Waals surface area contributed by atoms with Crippen molar-refractivity contribution in [1.29, 1.82) is 0 Å². The first-order valence-corrected chi connectivity index (χ1v) is 6.91. The molecule has 0 aliphatic carbocycles. The molecule has 19 heavy (non-hydrogen) atoms. The molecule has 0 aliphatic rings. The number of hydrogen-bond acceptors (Lipinski definition) is 3. The topological polar surface area (TPSA) is 53.1 Å². The van der Waals surface area contributed by atoms with Gasteiger partial charge in [0.25, 0.3) is 0 Å². The van der Waals surface area contributed by atoms with Gasteiger partial charge in [0.05, 0.1) is 17.3 Å². The number of nitrogens with zero attached hydrogens (tertiary/aromatic N) is 2. The van der Waals surface area contributed by atoms with E-state index >= 15 is 0 Å². The van der Waals surface area contributed by atoms with Gasteiger partial charge in [-0.1, -0.05) is 13.8 Å². The quantitative estimate of drug-likeness (QED) is 0.939. The van der Waals surface area contributed by atoms with Gasteiger partial charge in [0.1, 0.15) is 5.75 Å². The molecule has 0 aliphatic heterocycles. The van der Waals surface area contributed by atoms with Gasteiger partial charge in [-0.25, -0.2) is 0 Å². The van der Waals surface area contributed by atoms with Gasteiger partial charge in [-0.05, 0) is 45.6 Å². The predicted molar refractivity (Wildman–Crippen MR) is 81.4 cm³/mol. The average molecular weight is 324 g/mol. The van der Waals surface area contributed by atoms with Crippen molar-refractivity contribution in [1.82, 2.24) is 9.78 Å². The molecule has 0 fully saturated rings. The third-order valence-electron chi connectivity index (χ3n) is 3.14. The van der Waals surface area contributed by atoms with Crippen molar-refractivity contribution in [2.45, 2.75) is 19.8 Å². The van der Waals surface area contributed by atoms with Crippen LogP contribution in [0, 0.1) is 0 Å². The van der Waals surface area contributed by atoms with Gasteiger partial charge in [-0.15, -0.1) is 0 Å². The number of halogens is 1. The summed E-state index contributed by atoms with van der Waals surface area (Å²) in [6.45, 7) is 4.29. The van der Waals surface area contributed by atoms with Gasteiger partial charge in [0, 0.05) is 12.6 Å². The number of rotatable bonds is 3. The van der Waals surface area contributed by atoms with E-state index in [1.54, 1.807) is 11.8 Å². The Kier molecular flexibility index (Phi) is 3.85. The van der Waals surface area contributed by atoms with Crippen molar-refractivity contribution in [3.63, 3.8) is 0 Å². The highest BCUT2D eigenvalue weighted by atomic mass is 79.9. The predicted octanol–water partition coefficient (Wildman–Crippen LogP) is 3.56. The van der Waals surface area contributed by atoms with E-state index in [1.807, 2.05) is 19.2 Å². The first-order chi connectivity index (χ1) is 8.95. The van der Waals surface area contributed by atoms with Crippen LogP contribution in [0.15, 0.2) is 22.7 Å². The molecule has 1 aromatic carbocycles. The summed E-state index contributed by atoms with van der Waals surface area (Å²) in [6.07, 6.45) is 0. The molecule has 0 bridgehead atoms. The Morgan fingerprint density at radius 2 is 2.05 bits per heavy atom. The maximum absolute atomic E-state index is 5.83. The zero-order valence-corrected chi connectivity index (χ0v) is 13.2. The van der Waals surface area contributed by atoms with Crippen molar-refractivity contribution in [3.8, 4) is 17.0 Å². The number of benzene rings is 1. The molecule has 0 atom stereocenters. The second-order valence-corrected chi connectivity index (χ2v) is 5.58. The van der Waals surface area contributed by atoms with E-state index in [0.717, 1.165) is 21.5 Å². The lowest BCUT2D eigenvalue weighted by molar-refractivity contribution is 0.407. The van der Waals surface area contributed by atoms with Crippen LogP contribution in [-0.2, 0) is 7.05 Å². The van der Waals surface area contributed by atoms with Crippen LogP contribution in [-0.4, -0.2) is 16.9 Å². The van der Waals surface area contributed by atoms with Crippen molar-refractivity contribution in [2.75, 3.05) is 12.8 Å². The first kappa shape index (κ1) is 13.9. The minimum atomic E-state index is 0.388. The number of methoxy groups -OCH3 is 1. The van der Waals surface area contributed by atoms with Gasteiger partial charge in [0.2, 0.25) is 0 Å². The summed E-state index contributed by atoms with van der Waals surface area (Å²) >= 11 is 3.50. The second kappa shape index (κ2) is 5.25. The fraction of sp³-hybridized carbons (Fsp3) is 0.357. The van der Waals surface area contributed by atoms with E-state index in [1.165, 1.54) is 5.56 Å². The number of aryl methyl sites for hydroxylation is 1. The number of nitrogen functional groups attached to an aromatic ring is 1. The SMILES string of the molecule is COc1ccc(-c2c(Br)c(N)nn2C)cc1C(C)C. The van der Waals surface area contributed by atoms with Crippen molar-refractivity contribution >= 4 is 21.7 Å². The van der Waals surface area contributed by atoms with E-state index in [0.29, 0.717) is 11.7 Å². The summed E-state index contributed by atoms with van der Waals surface area (Å²) in [7, 11) is 3.58. The Bertz CT molecular complexity index is 605. The van der Waals surface area contributed by atoms with Crippen LogP contribution in [0.5, 0.6) is 5.75 Å². The summed E-state index contributed by atoms with van der Waals surface area (Å²) in [6, 6.07) is 6.14. The molecule has 0 unspecified atom stereocenters. The lowest BCUT2D eigenvalue weighted by atomic mass is 9.98. The maximum atomic E-state index is 5.83. The third-order valence-corrected chi connectivity index (χ3v) is 3.92. The highest BCUT2D eigenvalue weighted by Gasteiger charge is 2.16. The van der Waals surface area contributed by atoms with Gasteiger partial charge in [-0.3, -0.25) is 4.68 Å². The third kappa shape index (κ3) is 2.47. The smallest absolute Gasteiger partial charge is 0.160 e. The molecule has 0 spiro atoms. The molecule has 0 saturated carbocycles. The van der Waals surface area contributed by atoms with Gasteiger partial charge >= 0.3 is 0 Å². The minimum absolute atomic E-state index is 0.388. The lowest BCUT2D eigenvalue weighted by Gasteiger charge is -2.14. The average Bonchev–Trinajstić information content (AvgIpc) is 2.62. The summed E-state index contributed by atoms with van der Waals surface area (Å²) < 4.78 is 8.02. The summed E-state index contributed by atoms with van der Waals surface area (Å²) in [5, 5.41) is 4.22. The molecular weight excluding hydrogens is 306 g/mol. The lowest BCUT2D eigenvalue weighted by Crippen LogP contribution is -1.98. The molecule has 1 heterocycles. The van der Waals surface area contributed by atoms with E-state index in [9.17, 15) is 0 Å². The number of nitrogens with two attached hydrogens (primary N) is 1. The molecule has 4 nitrogen and oxygen atoms in total. The van der Waals surface area contributed by atoms with Gasteiger partial charge in [-0.2, -0.15) is 5.10 Å². The van der Waals surface area contributed by atoms with Crippen LogP contribution in [0.4, 0.5) is 5.82 Å². The molecule has 1 aromatic heterocycles. The molecule has 2 rings (SSSR count). The highest BCUT2D eigenvalue weighted by molar-refractivity contribution is 9.10. The summed E-state index contributed by atoms with van der Waals surface area (Å²) in [5.74, 6) is 1.80. The zero-order chi connectivity index (χ0) is 14.2. The van der Waals surface area contributed by atoms with Crippen LogP contribution in [0.3, 0.4) is 0 Å². The molecule has 5 heteroatoms. The second-order valence-electron chi connectivity index (χ2n) is 4.78. The standard InChI is InChI=1S/C14H18BrN3O/c1-8(2)10-7-9(5-6-11(10)19-4)13-12(15)14(16)17-18(13)3/h5-8H,1-4H3,(H2,16,17). The largest absolute Gasteiger partial charge is 0.496 e. The summed E-state index contributed by atoms with van der Waals surface area (Å²) in [4.78, 5) is 0. The van der Waals surface area contributed by atoms with Crippen LogP contribution >= 0.6 is 15.9 Å². The van der Waals surface area contributed by atoms with Crippen molar-refractivity contribution in [2.24, 2.45) is 7.05 Å². The van der Waals surface area contributed by atoms with Crippen molar-refractivity contribution in [3.05, 3.63) is 28.2 Å². The fourth-order valence-electron chi connectivity index (χ4n) is 2.17. The molecule has 2 aromatic rings. The number of anilines is 1. The van der Waals surface area contributed by atoms with E-state index in [4.69, 9.17) is 10.5 Å². The van der Waals surface area contributed by atoms with E-state index in [2.05, 4.69) is 40.9 Å². The molecule has 0 saturated heterocycles.